The van der Waals surface area contributed by atoms with Crippen molar-refractivity contribution in [2.24, 2.45) is 0 Å². The maximum atomic E-state index is 5.32. The maximum absolute atomic E-state index is 5.32. The normalized spacial score (nSPS) is 10.7. The Labute approximate surface area is 103 Å². The smallest absolute Gasteiger partial charge is 0.373 e. The van der Waals surface area contributed by atoms with Gasteiger partial charge >= 0.3 is 8.80 Å². The van der Waals surface area contributed by atoms with Gasteiger partial charge in [-0.3, -0.25) is 0 Å². The molecular weight excluding hydrogens is 292 g/mol. The summed E-state index contributed by atoms with van der Waals surface area (Å²) in [7, 11) is 3.33. The lowest BCUT2D eigenvalue weighted by Gasteiger charge is -2.24. The van der Waals surface area contributed by atoms with Crippen LogP contribution in [0.2, 0.25) is 0 Å². The van der Waals surface area contributed by atoms with E-state index in [0.29, 0.717) is 0 Å². The molecule has 1 aromatic rings. The largest absolute Gasteiger partial charge is 0.536 e. The molecule has 0 N–H and O–H groups in total. The summed E-state index contributed by atoms with van der Waals surface area (Å²) >= 11 is 3.08. The number of hydrogen-bond donors (Lipinski definition) is 0. The Hall–Kier alpha value is 0.0138. The molecule has 1 aromatic carbocycles. The Bertz CT molecular complexity index is 247. The second-order valence-corrected chi connectivity index (χ2v) is 5.45. The minimum absolute atomic E-state index is 0.975. The van der Waals surface area contributed by atoms with Crippen LogP contribution < -0.4 is 5.19 Å². The maximum Gasteiger partial charge on any atom is 0.536 e. The molecule has 0 heterocycles. The molecule has 0 spiro atoms. The molecule has 6 heteroatoms. The number of rotatable bonds is 4. The van der Waals surface area contributed by atoms with E-state index in [1.165, 1.54) is 0 Å². The Kier molecular flexibility index (Phi) is 8.21. The predicted octanol–water partition coefficient (Wildman–Crippen LogP) is 0.433. The monoisotopic (exact) mass is 308 g/mol. The number of halogens is 1. The zero-order chi connectivity index (χ0) is 11.7. The minimum atomic E-state index is -2.59. The van der Waals surface area contributed by atoms with Crippen LogP contribution in [0.25, 0.3) is 0 Å². The first-order valence-corrected chi connectivity index (χ1v) is 11.6. The minimum Gasteiger partial charge on any atom is -0.373 e. The topological polar surface area (TPSA) is 27.7 Å². The highest BCUT2D eigenvalue weighted by atomic mass is 79.9. The van der Waals surface area contributed by atoms with Gasteiger partial charge in [-0.05, 0) is 0 Å². The van der Waals surface area contributed by atoms with Gasteiger partial charge in [0, 0.05) is 26.5 Å². The van der Waals surface area contributed by atoms with Crippen molar-refractivity contribution in [3.63, 3.8) is 0 Å². The third-order valence-corrected chi connectivity index (χ3v) is 4.59. The molecular formula is C9H17BrO3Si2. The number of hydrogen-bond acceptors (Lipinski definition) is 3. The average Bonchev–Trinajstić information content (AvgIpc) is 2.36. The fourth-order valence-electron chi connectivity index (χ4n) is 1.25. The number of benzene rings is 1. The van der Waals surface area contributed by atoms with Gasteiger partial charge in [0.2, 0.25) is 0 Å². The molecule has 0 aliphatic carbocycles. The Morgan fingerprint density at radius 2 is 1.33 bits per heavy atom. The molecule has 0 saturated heterocycles. The van der Waals surface area contributed by atoms with E-state index in [9.17, 15) is 0 Å². The lowest BCUT2D eigenvalue weighted by Crippen LogP contribution is -2.54. The zero-order valence-corrected chi connectivity index (χ0v) is 14.1. The van der Waals surface area contributed by atoms with Crippen molar-refractivity contribution in [3.05, 3.63) is 30.3 Å². The van der Waals surface area contributed by atoms with Gasteiger partial charge in [0.1, 0.15) is 0 Å². The van der Waals surface area contributed by atoms with Crippen LogP contribution in [0.15, 0.2) is 30.3 Å². The highest BCUT2D eigenvalue weighted by Crippen LogP contribution is 2.05. The second kappa shape index (κ2) is 8.20. The molecule has 86 valence electrons. The molecule has 1 rings (SSSR count). The van der Waals surface area contributed by atoms with E-state index in [2.05, 4.69) is 15.3 Å². The van der Waals surface area contributed by atoms with Crippen molar-refractivity contribution in [1.29, 1.82) is 0 Å². The molecule has 3 nitrogen and oxygen atoms in total. The average molecular weight is 309 g/mol. The SMILES string of the molecule is CO[Si](OC)(OC)c1ccccc1.[SiH3]Br. The Morgan fingerprint density at radius 3 is 1.67 bits per heavy atom. The summed E-state index contributed by atoms with van der Waals surface area (Å²) in [5, 5.41) is 0.975. The zero-order valence-electron chi connectivity index (χ0n) is 9.49. The van der Waals surface area contributed by atoms with Crippen LogP contribution >= 0.6 is 15.3 Å². The van der Waals surface area contributed by atoms with E-state index in [1.807, 2.05) is 30.3 Å². The highest BCUT2D eigenvalue weighted by molar-refractivity contribution is 9.22. The van der Waals surface area contributed by atoms with Gasteiger partial charge in [-0.25, -0.2) is 0 Å². The molecule has 15 heavy (non-hydrogen) atoms. The second-order valence-electron chi connectivity index (χ2n) is 2.53. The summed E-state index contributed by atoms with van der Waals surface area (Å²) < 4.78 is 16.0. The van der Waals surface area contributed by atoms with E-state index in [4.69, 9.17) is 13.3 Å². The van der Waals surface area contributed by atoms with E-state index in [1.54, 1.807) is 21.3 Å². The molecule has 0 radical (unpaired) electrons. The van der Waals surface area contributed by atoms with Crippen LogP contribution in [0.1, 0.15) is 0 Å². The fourth-order valence-corrected chi connectivity index (χ4v) is 3.05. The molecule has 0 unspecified atom stereocenters. The quantitative estimate of drug-likeness (QED) is 0.596. The summed E-state index contributed by atoms with van der Waals surface area (Å²) in [4.78, 5) is 0. The lowest BCUT2D eigenvalue weighted by atomic mass is 10.4. The molecule has 0 bridgehead atoms. The first-order chi connectivity index (χ1) is 7.29. The van der Waals surface area contributed by atoms with Crippen molar-refractivity contribution in [2.75, 3.05) is 21.3 Å². The molecule has 0 amide bonds. The van der Waals surface area contributed by atoms with Gasteiger partial charge in [0.05, 0.1) is 8.86 Å². The molecule has 0 saturated carbocycles. The van der Waals surface area contributed by atoms with Gasteiger partial charge in [-0.2, -0.15) is 0 Å². The van der Waals surface area contributed by atoms with Crippen LogP contribution in [-0.2, 0) is 13.3 Å². The molecule has 0 fully saturated rings. The van der Waals surface area contributed by atoms with Crippen molar-refractivity contribution in [3.8, 4) is 0 Å². The standard InChI is InChI=1S/C9H14O3Si.BrH3Si/c1-10-13(11-2,12-3)9-7-5-4-6-8-9;1-2/h4-8H,1-3H3;2H3. The molecule has 0 aromatic heterocycles. The lowest BCUT2D eigenvalue weighted by molar-refractivity contribution is 0.140. The Balaban J connectivity index is 0.000000921. The van der Waals surface area contributed by atoms with Crippen molar-refractivity contribution in [2.45, 2.75) is 0 Å². The fraction of sp³-hybridized carbons (Fsp3) is 0.333. The summed E-state index contributed by atoms with van der Waals surface area (Å²) in [6.07, 6.45) is 0. The molecule has 0 aliphatic heterocycles. The van der Waals surface area contributed by atoms with E-state index >= 15 is 0 Å². The molecule has 0 atom stereocenters. The van der Waals surface area contributed by atoms with Crippen molar-refractivity contribution < 1.29 is 13.3 Å². The van der Waals surface area contributed by atoms with Gasteiger partial charge < -0.3 is 13.3 Å². The van der Waals surface area contributed by atoms with Crippen molar-refractivity contribution in [1.82, 2.24) is 0 Å². The first kappa shape index (κ1) is 15.0. The first-order valence-electron chi connectivity index (χ1n) is 4.38. The molecule has 0 aliphatic rings. The summed E-state index contributed by atoms with van der Waals surface area (Å²) in [6.45, 7) is 0. The summed E-state index contributed by atoms with van der Waals surface area (Å²) in [5.74, 6) is 0. The van der Waals surface area contributed by atoms with Crippen LogP contribution in [0.5, 0.6) is 0 Å². The third kappa shape index (κ3) is 3.82. The van der Waals surface area contributed by atoms with E-state index < -0.39 is 8.80 Å². The van der Waals surface area contributed by atoms with Crippen molar-refractivity contribution >= 4 is 38.1 Å². The van der Waals surface area contributed by atoms with Crippen LogP contribution in [-0.4, -0.2) is 39.0 Å². The van der Waals surface area contributed by atoms with Gasteiger partial charge in [0.15, 0.2) is 0 Å². The summed E-state index contributed by atoms with van der Waals surface area (Å²) in [5.41, 5.74) is 0. The third-order valence-electron chi connectivity index (χ3n) is 1.93. The van der Waals surface area contributed by atoms with Crippen LogP contribution in [0.4, 0.5) is 0 Å². The van der Waals surface area contributed by atoms with Crippen LogP contribution in [0, 0.1) is 0 Å². The van der Waals surface area contributed by atoms with Crippen LogP contribution in [0.3, 0.4) is 0 Å². The van der Waals surface area contributed by atoms with Gasteiger partial charge in [0.25, 0.3) is 0 Å². The Morgan fingerprint density at radius 1 is 0.933 bits per heavy atom. The van der Waals surface area contributed by atoms with E-state index in [-0.39, 0.29) is 0 Å². The van der Waals surface area contributed by atoms with Gasteiger partial charge in [-0.15, -0.1) is 15.3 Å². The highest BCUT2D eigenvalue weighted by Gasteiger charge is 2.40. The van der Waals surface area contributed by atoms with Gasteiger partial charge in [-0.1, -0.05) is 30.3 Å². The summed E-state index contributed by atoms with van der Waals surface area (Å²) in [6, 6.07) is 9.72. The van der Waals surface area contributed by atoms with E-state index in [0.717, 1.165) is 14.0 Å². The predicted molar refractivity (Wildman–Crippen MR) is 71.7 cm³/mol.